The van der Waals surface area contributed by atoms with Crippen molar-refractivity contribution in [2.24, 2.45) is 0 Å². The molecule has 1 aromatic heterocycles. The summed E-state index contributed by atoms with van der Waals surface area (Å²) in [6.45, 7) is 0.375. The normalized spacial score (nSPS) is 10.8. The molecule has 128 valence electrons. The van der Waals surface area contributed by atoms with E-state index in [0.29, 0.717) is 23.3 Å². The molecule has 3 aromatic carbocycles. The van der Waals surface area contributed by atoms with Crippen LogP contribution in [-0.2, 0) is 6.61 Å². The fourth-order valence-electron chi connectivity index (χ4n) is 2.92. The lowest BCUT2D eigenvalue weighted by Crippen LogP contribution is -1.99. The highest BCUT2D eigenvalue weighted by Crippen LogP contribution is 2.28. The molecule has 0 aliphatic carbocycles. The molecule has 0 aliphatic rings. The van der Waals surface area contributed by atoms with Gasteiger partial charge in [0, 0.05) is 6.07 Å². The van der Waals surface area contributed by atoms with Crippen molar-refractivity contribution in [1.29, 1.82) is 0 Å². The molecule has 4 nitrogen and oxygen atoms in total. The maximum atomic E-state index is 11.4. The van der Waals surface area contributed by atoms with E-state index in [9.17, 15) is 9.90 Å². The molecule has 0 spiro atoms. The van der Waals surface area contributed by atoms with Crippen LogP contribution in [0.4, 0.5) is 0 Å². The van der Waals surface area contributed by atoms with Gasteiger partial charge in [0.1, 0.15) is 23.7 Å². The fourth-order valence-corrected chi connectivity index (χ4v) is 2.92. The highest BCUT2D eigenvalue weighted by Gasteiger charge is 2.08. The van der Waals surface area contributed by atoms with E-state index >= 15 is 0 Å². The number of aromatic hydroxyl groups is 1. The van der Waals surface area contributed by atoms with E-state index in [1.807, 2.05) is 36.4 Å². The Hall–Kier alpha value is -3.53. The lowest BCUT2D eigenvalue weighted by atomic mass is 10.0. The summed E-state index contributed by atoms with van der Waals surface area (Å²) in [5.74, 6) is 0.464. The van der Waals surface area contributed by atoms with Crippen molar-refractivity contribution >= 4 is 11.0 Å². The third-order valence-corrected chi connectivity index (χ3v) is 4.19. The molecule has 0 radical (unpaired) electrons. The molecule has 26 heavy (non-hydrogen) atoms. The molecule has 0 bridgehead atoms. The second-order valence-corrected chi connectivity index (χ2v) is 5.92. The summed E-state index contributed by atoms with van der Waals surface area (Å²) in [5.41, 5.74) is 2.99. The quantitative estimate of drug-likeness (QED) is 0.543. The molecule has 0 unspecified atom stereocenters. The molecule has 0 atom stereocenters. The average Bonchev–Trinajstić information content (AvgIpc) is 2.67. The van der Waals surface area contributed by atoms with Crippen molar-refractivity contribution < 1.29 is 14.3 Å². The van der Waals surface area contributed by atoms with E-state index in [1.165, 1.54) is 0 Å². The van der Waals surface area contributed by atoms with Crippen LogP contribution >= 0.6 is 0 Å². The van der Waals surface area contributed by atoms with Gasteiger partial charge in [0.05, 0.1) is 11.5 Å². The van der Waals surface area contributed by atoms with E-state index in [1.54, 1.807) is 18.2 Å². The minimum absolute atomic E-state index is 0.0998. The third kappa shape index (κ3) is 3.17. The molecule has 0 amide bonds. The first-order valence-electron chi connectivity index (χ1n) is 8.24. The van der Waals surface area contributed by atoms with Crippen molar-refractivity contribution in [3.8, 4) is 22.6 Å². The summed E-state index contributed by atoms with van der Waals surface area (Å²) in [5, 5.41) is 10.3. The van der Waals surface area contributed by atoms with Crippen LogP contribution < -0.4 is 10.4 Å². The van der Waals surface area contributed by atoms with Gasteiger partial charge in [-0.1, -0.05) is 54.6 Å². The van der Waals surface area contributed by atoms with Crippen molar-refractivity contribution in [3.63, 3.8) is 0 Å². The molecule has 0 saturated heterocycles. The van der Waals surface area contributed by atoms with Crippen LogP contribution in [0.25, 0.3) is 22.1 Å². The van der Waals surface area contributed by atoms with E-state index in [-0.39, 0.29) is 5.75 Å². The van der Waals surface area contributed by atoms with Crippen LogP contribution in [0.1, 0.15) is 5.56 Å². The number of fused-ring (bicyclic) bond motifs is 1. The Kier molecular flexibility index (Phi) is 4.15. The number of hydrogen-bond acceptors (Lipinski definition) is 4. The molecule has 0 fully saturated rings. The van der Waals surface area contributed by atoms with Crippen molar-refractivity contribution in [1.82, 2.24) is 0 Å². The van der Waals surface area contributed by atoms with Crippen LogP contribution in [0.2, 0.25) is 0 Å². The predicted octanol–water partition coefficient (Wildman–Crippen LogP) is 4.74. The van der Waals surface area contributed by atoms with E-state index < -0.39 is 5.63 Å². The first-order chi connectivity index (χ1) is 12.7. The maximum Gasteiger partial charge on any atom is 0.339 e. The molecular formula is C22H16O4. The minimum Gasteiger partial charge on any atom is -0.507 e. The Morgan fingerprint density at radius 3 is 2.50 bits per heavy atom. The smallest absolute Gasteiger partial charge is 0.339 e. The van der Waals surface area contributed by atoms with Crippen LogP contribution in [0, 0.1) is 0 Å². The Morgan fingerprint density at radius 1 is 0.885 bits per heavy atom. The molecule has 0 saturated carbocycles. The van der Waals surface area contributed by atoms with E-state index in [4.69, 9.17) is 9.15 Å². The topological polar surface area (TPSA) is 59.7 Å². The van der Waals surface area contributed by atoms with Gasteiger partial charge in [0.2, 0.25) is 0 Å². The summed E-state index contributed by atoms with van der Waals surface area (Å²) in [6, 6.07) is 24.3. The first kappa shape index (κ1) is 16.0. The fraction of sp³-hybridized carbons (Fsp3) is 0.0455. The van der Waals surface area contributed by atoms with Crippen molar-refractivity contribution in [3.05, 3.63) is 94.8 Å². The van der Waals surface area contributed by atoms with E-state index in [2.05, 4.69) is 18.2 Å². The summed E-state index contributed by atoms with van der Waals surface area (Å²) in [4.78, 5) is 11.4. The van der Waals surface area contributed by atoms with Crippen LogP contribution in [-0.4, -0.2) is 5.11 Å². The summed E-state index contributed by atoms with van der Waals surface area (Å²) >= 11 is 0. The second kappa shape index (κ2) is 6.76. The second-order valence-electron chi connectivity index (χ2n) is 5.92. The van der Waals surface area contributed by atoms with Gasteiger partial charge in [-0.3, -0.25) is 0 Å². The number of hydrogen-bond donors (Lipinski definition) is 1. The van der Waals surface area contributed by atoms with Crippen molar-refractivity contribution in [2.45, 2.75) is 6.61 Å². The van der Waals surface area contributed by atoms with Crippen LogP contribution in [0.5, 0.6) is 11.5 Å². The Morgan fingerprint density at radius 2 is 1.65 bits per heavy atom. The summed E-state index contributed by atoms with van der Waals surface area (Å²) < 4.78 is 11.0. The monoisotopic (exact) mass is 344 g/mol. The molecule has 1 N–H and O–H groups in total. The lowest BCUT2D eigenvalue weighted by Gasteiger charge is -2.12. The zero-order valence-corrected chi connectivity index (χ0v) is 13.9. The lowest BCUT2D eigenvalue weighted by molar-refractivity contribution is 0.306. The maximum absolute atomic E-state index is 11.4. The summed E-state index contributed by atoms with van der Waals surface area (Å²) in [6.07, 6.45) is 0. The van der Waals surface area contributed by atoms with Gasteiger partial charge < -0.3 is 14.3 Å². The Labute approximate surface area is 149 Å². The van der Waals surface area contributed by atoms with Gasteiger partial charge in [0.25, 0.3) is 0 Å². The predicted molar refractivity (Wildman–Crippen MR) is 100 cm³/mol. The molecule has 4 heteroatoms. The summed E-state index contributed by atoms with van der Waals surface area (Å²) in [7, 11) is 0. The Balaban J connectivity index is 1.62. The van der Waals surface area contributed by atoms with Gasteiger partial charge in [-0.15, -0.1) is 0 Å². The van der Waals surface area contributed by atoms with Crippen molar-refractivity contribution in [2.75, 3.05) is 0 Å². The SMILES string of the molecule is O=c1cc(O)c2ccc(OCc3ccccc3-c3ccccc3)cc2o1. The molecule has 1 heterocycles. The minimum atomic E-state index is -0.596. The highest BCUT2D eigenvalue weighted by molar-refractivity contribution is 5.83. The molecule has 4 rings (SSSR count). The molecule has 0 aliphatic heterocycles. The van der Waals surface area contributed by atoms with Gasteiger partial charge >= 0.3 is 5.63 Å². The zero-order valence-electron chi connectivity index (χ0n) is 13.9. The van der Waals surface area contributed by atoms with Crippen LogP contribution in [0.15, 0.2) is 88.1 Å². The molecule has 4 aromatic rings. The van der Waals surface area contributed by atoms with Gasteiger partial charge in [-0.05, 0) is 28.8 Å². The highest BCUT2D eigenvalue weighted by atomic mass is 16.5. The first-order valence-corrected chi connectivity index (χ1v) is 8.24. The Bertz CT molecular complexity index is 1110. The van der Waals surface area contributed by atoms with Gasteiger partial charge in [-0.25, -0.2) is 4.79 Å². The van der Waals surface area contributed by atoms with Gasteiger partial charge in [0.15, 0.2) is 0 Å². The number of ether oxygens (including phenoxy) is 1. The standard InChI is InChI=1S/C22H16O4/c23-20-13-22(24)26-21-12-17(10-11-19(20)21)25-14-16-8-4-5-9-18(16)15-6-2-1-3-7-15/h1-13,23H,14H2. The zero-order chi connectivity index (χ0) is 17.9. The largest absolute Gasteiger partial charge is 0.507 e. The van der Waals surface area contributed by atoms with Gasteiger partial charge in [-0.2, -0.15) is 0 Å². The number of rotatable bonds is 4. The third-order valence-electron chi connectivity index (χ3n) is 4.19. The average molecular weight is 344 g/mol. The number of benzene rings is 3. The van der Waals surface area contributed by atoms with Crippen LogP contribution in [0.3, 0.4) is 0 Å². The molecular weight excluding hydrogens is 328 g/mol. The van der Waals surface area contributed by atoms with E-state index in [0.717, 1.165) is 22.8 Å².